The van der Waals surface area contributed by atoms with Crippen LogP contribution in [-0.4, -0.2) is 24.5 Å². The van der Waals surface area contributed by atoms with Gasteiger partial charge >= 0.3 is 5.97 Å². The molecule has 1 saturated carbocycles. The Hall–Kier alpha value is -1.88. The second kappa shape index (κ2) is 9.72. The summed E-state index contributed by atoms with van der Waals surface area (Å²) < 4.78 is 5.88. The number of hydrogen-bond acceptors (Lipinski definition) is 4. The minimum Gasteiger partial charge on any atom is -0.462 e. The van der Waals surface area contributed by atoms with Gasteiger partial charge in [-0.2, -0.15) is 0 Å². The lowest BCUT2D eigenvalue weighted by Gasteiger charge is -2.37. The molecule has 0 bridgehead atoms. The van der Waals surface area contributed by atoms with Crippen molar-refractivity contribution >= 4 is 11.9 Å². The topological polar surface area (TPSA) is 81.4 Å². The molecule has 0 aliphatic heterocycles. The Morgan fingerprint density at radius 2 is 1.92 bits per heavy atom. The first kappa shape index (κ1) is 20.4. The SMILES string of the molecule is CC(C)[C@H]1CC[C@@H](C)C[C@@H]1OC(=O)CC(NC(=O)CN)c1ccccc1. The predicted molar refractivity (Wildman–Crippen MR) is 102 cm³/mol. The second-order valence-corrected chi connectivity index (χ2v) is 7.79. The zero-order chi connectivity index (χ0) is 19.1. The van der Waals surface area contributed by atoms with Gasteiger partial charge in [-0.15, -0.1) is 0 Å². The Kier molecular flexibility index (Phi) is 7.64. The number of rotatable bonds is 7. The van der Waals surface area contributed by atoms with Crippen LogP contribution >= 0.6 is 0 Å². The smallest absolute Gasteiger partial charge is 0.308 e. The molecule has 26 heavy (non-hydrogen) atoms. The van der Waals surface area contributed by atoms with Crippen LogP contribution in [0, 0.1) is 17.8 Å². The Morgan fingerprint density at radius 3 is 2.54 bits per heavy atom. The van der Waals surface area contributed by atoms with E-state index in [2.05, 4.69) is 26.1 Å². The monoisotopic (exact) mass is 360 g/mol. The van der Waals surface area contributed by atoms with Gasteiger partial charge in [0.25, 0.3) is 0 Å². The highest BCUT2D eigenvalue weighted by Crippen LogP contribution is 2.35. The van der Waals surface area contributed by atoms with E-state index in [0.717, 1.165) is 18.4 Å². The summed E-state index contributed by atoms with van der Waals surface area (Å²) in [6.07, 6.45) is 3.29. The van der Waals surface area contributed by atoms with E-state index in [1.54, 1.807) is 0 Å². The molecule has 5 heteroatoms. The Labute approximate surface area is 156 Å². The molecule has 1 aromatic rings. The molecule has 144 valence electrons. The van der Waals surface area contributed by atoms with Crippen LogP contribution < -0.4 is 11.1 Å². The molecule has 1 amide bonds. The van der Waals surface area contributed by atoms with Gasteiger partial charge in [-0.3, -0.25) is 9.59 Å². The number of hydrogen-bond donors (Lipinski definition) is 2. The highest BCUT2D eigenvalue weighted by Gasteiger charge is 2.34. The molecule has 1 aliphatic carbocycles. The normalized spacial score (nSPS) is 24.1. The van der Waals surface area contributed by atoms with Crippen LogP contribution in [0.3, 0.4) is 0 Å². The minimum absolute atomic E-state index is 0.0344. The number of carbonyl (C=O) groups excluding carboxylic acids is 2. The van der Waals surface area contributed by atoms with E-state index in [-0.39, 0.29) is 30.9 Å². The molecule has 4 atom stereocenters. The third-order valence-corrected chi connectivity index (χ3v) is 5.34. The number of esters is 1. The molecular weight excluding hydrogens is 328 g/mol. The summed E-state index contributed by atoms with van der Waals surface area (Å²) in [7, 11) is 0. The molecule has 0 heterocycles. The standard InChI is InChI=1S/C21H32N2O3/c1-14(2)17-10-9-15(3)11-19(17)26-21(25)12-18(23-20(24)13-22)16-7-5-4-6-8-16/h4-8,14-15,17-19H,9-13,22H2,1-3H3,(H,23,24)/t15-,17-,18?,19+/m1/s1. The number of nitrogens with two attached hydrogens (primary N) is 1. The molecule has 0 aromatic heterocycles. The summed E-state index contributed by atoms with van der Waals surface area (Å²) in [5.74, 6) is 0.926. The number of benzene rings is 1. The summed E-state index contributed by atoms with van der Waals surface area (Å²) in [5.41, 5.74) is 6.30. The van der Waals surface area contributed by atoms with Gasteiger partial charge in [0.05, 0.1) is 19.0 Å². The number of carbonyl (C=O) groups is 2. The van der Waals surface area contributed by atoms with E-state index in [1.807, 2.05) is 30.3 Å². The van der Waals surface area contributed by atoms with Gasteiger partial charge in [-0.25, -0.2) is 0 Å². The van der Waals surface area contributed by atoms with E-state index >= 15 is 0 Å². The lowest BCUT2D eigenvalue weighted by atomic mass is 9.75. The molecule has 1 unspecified atom stereocenters. The summed E-state index contributed by atoms with van der Waals surface area (Å²) >= 11 is 0. The van der Waals surface area contributed by atoms with Crippen molar-refractivity contribution in [1.29, 1.82) is 0 Å². The maximum atomic E-state index is 12.6. The molecule has 1 aliphatic rings. The minimum atomic E-state index is -0.418. The first-order valence-electron chi connectivity index (χ1n) is 9.64. The first-order chi connectivity index (χ1) is 12.4. The molecule has 5 nitrogen and oxygen atoms in total. The third kappa shape index (κ3) is 5.84. The van der Waals surface area contributed by atoms with Crippen LogP contribution in [0.4, 0.5) is 0 Å². The molecule has 2 rings (SSSR count). The van der Waals surface area contributed by atoms with Crippen LogP contribution in [0.25, 0.3) is 0 Å². The highest BCUT2D eigenvalue weighted by molar-refractivity contribution is 5.79. The van der Waals surface area contributed by atoms with Gasteiger partial charge in [0.15, 0.2) is 0 Å². The Bertz CT molecular complexity index is 588. The van der Waals surface area contributed by atoms with E-state index < -0.39 is 6.04 Å². The van der Waals surface area contributed by atoms with E-state index in [1.165, 1.54) is 6.42 Å². The van der Waals surface area contributed by atoms with Gasteiger partial charge in [0.1, 0.15) is 6.10 Å². The predicted octanol–water partition coefficient (Wildman–Crippen LogP) is 3.20. The van der Waals surface area contributed by atoms with Crippen molar-refractivity contribution in [3.05, 3.63) is 35.9 Å². The van der Waals surface area contributed by atoms with Crippen molar-refractivity contribution in [2.45, 2.75) is 58.6 Å². The van der Waals surface area contributed by atoms with Gasteiger partial charge in [0.2, 0.25) is 5.91 Å². The fourth-order valence-corrected chi connectivity index (χ4v) is 3.82. The number of nitrogens with one attached hydrogen (secondary N) is 1. The highest BCUT2D eigenvalue weighted by atomic mass is 16.5. The van der Waals surface area contributed by atoms with E-state index in [4.69, 9.17) is 10.5 Å². The van der Waals surface area contributed by atoms with E-state index in [9.17, 15) is 9.59 Å². The summed E-state index contributed by atoms with van der Waals surface area (Å²) in [6, 6.07) is 9.06. The van der Waals surface area contributed by atoms with Crippen LogP contribution in [0.15, 0.2) is 30.3 Å². The fourth-order valence-electron chi connectivity index (χ4n) is 3.82. The molecule has 0 spiro atoms. The average Bonchev–Trinajstić information content (AvgIpc) is 2.61. The summed E-state index contributed by atoms with van der Waals surface area (Å²) in [5, 5.41) is 2.83. The lowest BCUT2D eigenvalue weighted by Crippen LogP contribution is -2.38. The van der Waals surface area contributed by atoms with Crippen molar-refractivity contribution in [2.75, 3.05) is 6.54 Å². The molecule has 0 radical (unpaired) electrons. The third-order valence-electron chi connectivity index (χ3n) is 5.34. The Balaban J connectivity index is 2.04. The number of ether oxygens (including phenoxy) is 1. The summed E-state index contributed by atoms with van der Waals surface area (Å²) in [4.78, 5) is 24.4. The van der Waals surface area contributed by atoms with Crippen molar-refractivity contribution in [2.24, 2.45) is 23.5 Å². The molecule has 1 fully saturated rings. The van der Waals surface area contributed by atoms with Crippen LogP contribution in [0.1, 0.15) is 58.1 Å². The largest absolute Gasteiger partial charge is 0.462 e. The molecule has 1 aromatic carbocycles. The lowest BCUT2D eigenvalue weighted by molar-refractivity contribution is -0.156. The fraction of sp³-hybridized carbons (Fsp3) is 0.619. The van der Waals surface area contributed by atoms with Crippen LogP contribution in [0.2, 0.25) is 0 Å². The van der Waals surface area contributed by atoms with Crippen molar-refractivity contribution in [3.8, 4) is 0 Å². The van der Waals surface area contributed by atoms with Crippen molar-refractivity contribution in [3.63, 3.8) is 0 Å². The zero-order valence-electron chi connectivity index (χ0n) is 16.1. The zero-order valence-corrected chi connectivity index (χ0v) is 16.1. The van der Waals surface area contributed by atoms with Crippen molar-refractivity contribution in [1.82, 2.24) is 5.32 Å². The average molecular weight is 360 g/mol. The van der Waals surface area contributed by atoms with E-state index in [0.29, 0.717) is 17.8 Å². The Morgan fingerprint density at radius 1 is 1.23 bits per heavy atom. The van der Waals surface area contributed by atoms with Crippen LogP contribution in [-0.2, 0) is 14.3 Å². The van der Waals surface area contributed by atoms with Gasteiger partial charge in [-0.1, -0.05) is 57.5 Å². The maximum absolute atomic E-state index is 12.6. The molecular formula is C21H32N2O3. The van der Waals surface area contributed by atoms with Crippen molar-refractivity contribution < 1.29 is 14.3 Å². The van der Waals surface area contributed by atoms with Gasteiger partial charge < -0.3 is 15.8 Å². The first-order valence-corrected chi connectivity index (χ1v) is 9.64. The van der Waals surface area contributed by atoms with Gasteiger partial charge in [0, 0.05) is 0 Å². The molecule has 0 saturated heterocycles. The summed E-state index contributed by atoms with van der Waals surface area (Å²) in [6.45, 7) is 6.49. The van der Waals surface area contributed by atoms with Gasteiger partial charge in [-0.05, 0) is 36.2 Å². The maximum Gasteiger partial charge on any atom is 0.308 e. The number of amides is 1. The van der Waals surface area contributed by atoms with Crippen LogP contribution in [0.5, 0.6) is 0 Å². The quantitative estimate of drug-likeness (QED) is 0.732. The second-order valence-electron chi connectivity index (χ2n) is 7.79. The molecule has 3 N–H and O–H groups in total.